The Morgan fingerprint density at radius 1 is 0.980 bits per heavy atom. The maximum absolute atomic E-state index is 15.1. The molecule has 2 unspecified atom stereocenters. The molecule has 3 aromatic rings. The number of hydrogen-bond donors (Lipinski definition) is 4. The Morgan fingerprint density at radius 3 is 2.55 bits per heavy atom. The molecule has 1 aliphatic carbocycles. The zero-order valence-electron chi connectivity index (χ0n) is 26.7. The molecule has 252 valence electrons. The van der Waals surface area contributed by atoms with Gasteiger partial charge in [-0.3, -0.25) is 29.4 Å². The summed E-state index contributed by atoms with van der Waals surface area (Å²) >= 11 is 0. The number of aromatic hydroxyl groups is 1. The topological polar surface area (TPSA) is 171 Å². The molecule has 1 aromatic heterocycles. The SMILES string of the molecule is Nc1nnc(-c2ccccc2O)cc1C#C[C@H]1CC[C@@H](CC2CNCCN2c2cc(F)cc3c2C(=O)N(C2CCC(=O)NC2=O)C3=O)CC1. The average molecular weight is 666 g/mol. The van der Waals surface area contributed by atoms with Crippen molar-refractivity contribution in [2.45, 2.75) is 57.0 Å². The number of nitrogens with zero attached hydrogens (tertiary/aromatic N) is 4. The minimum atomic E-state index is -1.12. The lowest BCUT2D eigenvalue weighted by atomic mass is 9.79. The van der Waals surface area contributed by atoms with E-state index in [0.29, 0.717) is 48.1 Å². The van der Waals surface area contributed by atoms with Crippen molar-refractivity contribution in [3.63, 3.8) is 0 Å². The van der Waals surface area contributed by atoms with Crippen LogP contribution in [0.5, 0.6) is 5.75 Å². The number of nitrogens with two attached hydrogens (primary N) is 1. The number of carbonyl (C=O) groups is 4. The van der Waals surface area contributed by atoms with Crippen LogP contribution >= 0.6 is 0 Å². The highest BCUT2D eigenvalue weighted by molar-refractivity contribution is 6.25. The molecule has 3 aliphatic heterocycles. The average Bonchev–Trinajstić information content (AvgIpc) is 3.34. The van der Waals surface area contributed by atoms with Crippen molar-refractivity contribution in [3.05, 3.63) is 65.0 Å². The first-order chi connectivity index (χ1) is 23.7. The molecule has 4 amide bonds. The van der Waals surface area contributed by atoms with E-state index in [4.69, 9.17) is 5.73 Å². The highest BCUT2D eigenvalue weighted by Crippen LogP contribution is 2.39. The Kier molecular flexibility index (Phi) is 8.73. The highest BCUT2D eigenvalue weighted by atomic mass is 19.1. The van der Waals surface area contributed by atoms with Crippen LogP contribution in [0.15, 0.2) is 42.5 Å². The number of piperazine rings is 1. The van der Waals surface area contributed by atoms with Gasteiger partial charge in [0, 0.05) is 43.6 Å². The van der Waals surface area contributed by atoms with Crippen LogP contribution in [0.3, 0.4) is 0 Å². The van der Waals surface area contributed by atoms with Gasteiger partial charge in [-0.15, -0.1) is 10.2 Å². The van der Waals surface area contributed by atoms with E-state index < -0.39 is 35.5 Å². The van der Waals surface area contributed by atoms with E-state index in [1.54, 1.807) is 24.3 Å². The number of hydrogen-bond acceptors (Lipinski definition) is 10. The van der Waals surface area contributed by atoms with Crippen LogP contribution in [0.25, 0.3) is 11.3 Å². The number of imide groups is 2. The van der Waals surface area contributed by atoms with E-state index in [-0.39, 0.29) is 47.5 Å². The predicted molar refractivity (Wildman–Crippen MR) is 178 cm³/mol. The van der Waals surface area contributed by atoms with Gasteiger partial charge in [-0.05, 0) is 74.8 Å². The first kappa shape index (κ1) is 32.2. The number of anilines is 2. The fourth-order valence-electron chi connectivity index (χ4n) is 7.49. The summed E-state index contributed by atoms with van der Waals surface area (Å²) in [7, 11) is 0. The van der Waals surface area contributed by atoms with E-state index in [1.807, 2.05) is 11.0 Å². The minimum Gasteiger partial charge on any atom is -0.507 e. The fraction of sp³-hybridized carbons (Fsp3) is 0.389. The Morgan fingerprint density at radius 2 is 1.78 bits per heavy atom. The van der Waals surface area contributed by atoms with E-state index in [1.165, 1.54) is 6.07 Å². The van der Waals surface area contributed by atoms with Crippen LogP contribution in [-0.2, 0) is 9.59 Å². The van der Waals surface area contributed by atoms with Crippen molar-refractivity contribution >= 4 is 35.1 Å². The summed E-state index contributed by atoms with van der Waals surface area (Å²) in [5.41, 5.74) is 8.10. The smallest absolute Gasteiger partial charge is 0.264 e. The van der Waals surface area contributed by atoms with Crippen LogP contribution < -0.4 is 21.3 Å². The number of fused-ring (bicyclic) bond motifs is 1. The van der Waals surface area contributed by atoms with Crippen LogP contribution in [0.4, 0.5) is 15.9 Å². The summed E-state index contributed by atoms with van der Waals surface area (Å²) in [5.74, 6) is 4.29. The Hall–Kier alpha value is -5.35. The molecule has 2 saturated heterocycles. The molecular weight excluding hydrogens is 629 g/mol. The number of benzene rings is 2. The molecule has 4 aliphatic rings. The van der Waals surface area contributed by atoms with Gasteiger partial charge in [0.15, 0.2) is 5.82 Å². The monoisotopic (exact) mass is 665 g/mol. The molecule has 2 aromatic carbocycles. The van der Waals surface area contributed by atoms with Gasteiger partial charge in [0.05, 0.1) is 28.1 Å². The summed E-state index contributed by atoms with van der Waals surface area (Å²) in [4.78, 5) is 54.4. The number of nitrogen functional groups attached to an aromatic ring is 1. The molecule has 2 atom stereocenters. The molecule has 12 nitrogen and oxygen atoms in total. The normalized spacial score (nSPS) is 23.9. The molecule has 0 radical (unpaired) electrons. The molecule has 0 spiro atoms. The number of halogens is 1. The predicted octanol–water partition coefficient (Wildman–Crippen LogP) is 3.00. The number of piperidine rings is 1. The fourth-order valence-corrected chi connectivity index (χ4v) is 7.49. The molecule has 7 rings (SSSR count). The molecule has 0 bridgehead atoms. The molecule has 13 heteroatoms. The third-order valence-corrected chi connectivity index (χ3v) is 10.0. The van der Waals surface area contributed by atoms with Gasteiger partial charge in [-0.2, -0.15) is 0 Å². The Balaban J connectivity index is 1.04. The number of phenols is 1. The van der Waals surface area contributed by atoms with Crippen molar-refractivity contribution < 1.29 is 28.7 Å². The lowest BCUT2D eigenvalue weighted by molar-refractivity contribution is -0.136. The number of phenolic OH excluding ortho intramolecular Hbond substituents is 1. The summed E-state index contributed by atoms with van der Waals surface area (Å²) < 4.78 is 15.1. The van der Waals surface area contributed by atoms with Gasteiger partial charge < -0.3 is 21.1 Å². The Bertz CT molecular complexity index is 1910. The molecule has 49 heavy (non-hydrogen) atoms. The van der Waals surface area contributed by atoms with Gasteiger partial charge in [0.2, 0.25) is 11.8 Å². The minimum absolute atomic E-state index is 0.00824. The van der Waals surface area contributed by atoms with Crippen molar-refractivity contribution in [2.24, 2.45) is 11.8 Å². The number of aromatic nitrogens is 2. The lowest BCUT2D eigenvalue weighted by Gasteiger charge is -2.41. The van der Waals surface area contributed by atoms with Gasteiger partial charge in [0.25, 0.3) is 11.8 Å². The molecule has 3 fully saturated rings. The standard InChI is InChI=1S/C36H36FN7O5/c37-23-17-26-32(36(49)44(35(26)48)28-11-12-31(46)40-34(28)47)29(18-23)43-14-13-39-19-24(43)15-21-7-5-20(6-8-21)9-10-22-16-27(41-42-33(22)38)25-3-1-2-4-30(25)45/h1-4,16-18,20-21,24,28,39,45H,5-8,11-15,19H2,(H2,38,42)(H,40,46,47)/t20-,21+,24?,28?. The van der Waals surface area contributed by atoms with E-state index in [9.17, 15) is 24.3 Å². The summed E-state index contributed by atoms with van der Waals surface area (Å²) in [6.45, 7) is 1.78. The van der Waals surface area contributed by atoms with E-state index in [2.05, 4.69) is 32.7 Å². The van der Waals surface area contributed by atoms with Crippen LogP contribution in [0, 0.1) is 29.5 Å². The van der Waals surface area contributed by atoms with Crippen molar-refractivity contribution in [1.82, 2.24) is 25.7 Å². The third-order valence-electron chi connectivity index (χ3n) is 10.0. The highest BCUT2D eigenvalue weighted by Gasteiger charge is 2.47. The van der Waals surface area contributed by atoms with Gasteiger partial charge in [-0.25, -0.2) is 4.39 Å². The molecule has 4 heterocycles. The lowest BCUT2D eigenvalue weighted by Crippen LogP contribution is -2.54. The zero-order chi connectivity index (χ0) is 34.2. The van der Waals surface area contributed by atoms with Crippen molar-refractivity contribution in [1.29, 1.82) is 0 Å². The van der Waals surface area contributed by atoms with Crippen molar-refractivity contribution in [2.75, 3.05) is 30.3 Å². The second-order valence-electron chi connectivity index (χ2n) is 13.1. The van der Waals surface area contributed by atoms with E-state index >= 15 is 4.39 Å². The number of carbonyl (C=O) groups excluding carboxylic acids is 4. The summed E-state index contributed by atoms with van der Waals surface area (Å²) in [5, 5.41) is 24.0. The third kappa shape index (κ3) is 6.31. The Labute approximate surface area is 282 Å². The zero-order valence-corrected chi connectivity index (χ0v) is 26.7. The van der Waals surface area contributed by atoms with Gasteiger partial charge in [0.1, 0.15) is 17.6 Å². The number of amides is 4. The largest absolute Gasteiger partial charge is 0.507 e. The van der Waals surface area contributed by atoms with Crippen molar-refractivity contribution in [3.8, 4) is 28.8 Å². The quantitative estimate of drug-likeness (QED) is 0.235. The first-order valence-corrected chi connectivity index (χ1v) is 16.6. The summed E-state index contributed by atoms with van der Waals surface area (Å²) in [6, 6.07) is 9.83. The molecule has 5 N–H and O–H groups in total. The molecule has 1 saturated carbocycles. The van der Waals surface area contributed by atoms with Gasteiger partial charge >= 0.3 is 0 Å². The summed E-state index contributed by atoms with van der Waals surface area (Å²) in [6.07, 6.45) is 4.52. The number of nitrogens with one attached hydrogen (secondary N) is 2. The van der Waals surface area contributed by atoms with Gasteiger partial charge in [-0.1, -0.05) is 24.0 Å². The second kappa shape index (κ2) is 13.3. The maximum Gasteiger partial charge on any atom is 0.264 e. The second-order valence-corrected chi connectivity index (χ2v) is 13.1. The number of rotatable bonds is 5. The van der Waals surface area contributed by atoms with Crippen LogP contribution in [0.2, 0.25) is 0 Å². The maximum atomic E-state index is 15.1. The molecular formula is C36H36FN7O5. The number of para-hydroxylation sites is 1. The van der Waals surface area contributed by atoms with E-state index in [0.717, 1.165) is 43.1 Å². The first-order valence-electron chi connectivity index (χ1n) is 16.6. The van der Waals surface area contributed by atoms with Crippen LogP contribution in [-0.4, -0.2) is 75.6 Å². The van der Waals surface area contributed by atoms with Crippen LogP contribution in [0.1, 0.15) is 71.2 Å².